The van der Waals surface area contributed by atoms with Crippen molar-refractivity contribution in [2.24, 2.45) is 0 Å². The van der Waals surface area contributed by atoms with E-state index in [4.69, 9.17) is 9.72 Å². The summed E-state index contributed by atoms with van der Waals surface area (Å²) >= 11 is 0. The summed E-state index contributed by atoms with van der Waals surface area (Å²) in [5.74, 6) is 1.09. The molecule has 4 heteroatoms. The molecule has 0 amide bonds. The summed E-state index contributed by atoms with van der Waals surface area (Å²) in [6.45, 7) is 4.79. The number of benzene rings is 1. The third-order valence-electron chi connectivity index (χ3n) is 4.88. The average molecular weight is 333 g/mol. The number of piperidine rings is 1. The average Bonchev–Trinajstić information content (AvgIpc) is 2.68. The zero-order chi connectivity index (χ0) is 17.1. The predicted molar refractivity (Wildman–Crippen MR) is 101 cm³/mol. The zero-order valence-electron chi connectivity index (χ0n) is 14.6. The van der Waals surface area contributed by atoms with Crippen molar-refractivity contribution in [2.45, 2.75) is 32.5 Å². The number of pyridine rings is 2. The maximum atomic E-state index is 6.06. The summed E-state index contributed by atoms with van der Waals surface area (Å²) in [6, 6.07) is 14.6. The highest BCUT2D eigenvalue weighted by Crippen LogP contribution is 2.25. The summed E-state index contributed by atoms with van der Waals surface area (Å²) in [5, 5.41) is 1.24. The first-order valence-electron chi connectivity index (χ1n) is 8.91. The Kier molecular flexibility index (Phi) is 4.61. The fourth-order valence-corrected chi connectivity index (χ4v) is 3.44. The van der Waals surface area contributed by atoms with Gasteiger partial charge in [-0.2, -0.15) is 0 Å². The van der Waals surface area contributed by atoms with Gasteiger partial charge >= 0.3 is 0 Å². The third-order valence-corrected chi connectivity index (χ3v) is 4.88. The lowest BCUT2D eigenvalue weighted by Crippen LogP contribution is -2.37. The summed E-state index contributed by atoms with van der Waals surface area (Å²) in [4.78, 5) is 11.4. The monoisotopic (exact) mass is 333 g/mol. The molecule has 0 radical (unpaired) electrons. The fraction of sp³-hybridized carbons (Fsp3) is 0.333. The Bertz CT molecular complexity index is 842. The molecule has 1 aliphatic heterocycles. The van der Waals surface area contributed by atoms with Gasteiger partial charge in [0, 0.05) is 30.9 Å². The van der Waals surface area contributed by atoms with E-state index in [0.29, 0.717) is 12.7 Å². The SMILES string of the molecule is Cc1cc(N2CCC(OCc3cccnc3)CC2)nc2ccccc12. The molecule has 0 N–H and O–H groups in total. The first kappa shape index (κ1) is 16.0. The molecule has 4 nitrogen and oxygen atoms in total. The molecule has 1 saturated heterocycles. The molecule has 0 unspecified atom stereocenters. The van der Waals surface area contributed by atoms with Crippen LogP contribution in [0.25, 0.3) is 10.9 Å². The third kappa shape index (κ3) is 3.64. The van der Waals surface area contributed by atoms with E-state index in [1.54, 1.807) is 6.20 Å². The van der Waals surface area contributed by atoms with E-state index in [9.17, 15) is 0 Å². The van der Waals surface area contributed by atoms with Crippen molar-refractivity contribution in [3.05, 3.63) is 66.0 Å². The Hall–Kier alpha value is -2.46. The number of hydrogen-bond acceptors (Lipinski definition) is 4. The Labute approximate surface area is 148 Å². The fourth-order valence-electron chi connectivity index (χ4n) is 3.44. The lowest BCUT2D eigenvalue weighted by atomic mass is 10.1. The van der Waals surface area contributed by atoms with Crippen LogP contribution in [0.1, 0.15) is 24.0 Å². The van der Waals surface area contributed by atoms with Crippen molar-refractivity contribution in [2.75, 3.05) is 18.0 Å². The van der Waals surface area contributed by atoms with Gasteiger partial charge < -0.3 is 9.64 Å². The second-order valence-corrected chi connectivity index (χ2v) is 6.67. The molecule has 0 atom stereocenters. The standard InChI is InChI=1S/C21H23N3O/c1-16-13-21(23-20-7-3-2-6-19(16)20)24-11-8-18(9-12-24)25-15-17-5-4-10-22-14-17/h2-7,10,13-14,18H,8-9,11-12,15H2,1H3. The second kappa shape index (κ2) is 7.19. The van der Waals surface area contributed by atoms with Gasteiger partial charge in [-0.1, -0.05) is 24.3 Å². The zero-order valence-corrected chi connectivity index (χ0v) is 14.6. The van der Waals surface area contributed by atoms with Gasteiger partial charge in [-0.25, -0.2) is 4.98 Å². The molecule has 1 aromatic carbocycles. The number of aryl methyl sites for hydroxylation is 1. The van der Waals surface area contributed by atoms with Crippen LogP contribution in [-0.2, 0) is 11.3 Å². The van der Waals surface area contributed by atoms with Crippen molar-refractivity contribution < 1.29 is 4.74 Å². The molecule has 128 valence electrons. The molecule has 0 saturated carbocycles. The van der Waals surface area contributed by atoms with Crippen LogP contribution in [0.3, 0.4) is 0 Å². The van der Waals surface area contributed by atoms with E-state index in [0.717, 1.165) is 42.8 Å². The van der Waals surface area contributed by atoms with Crippen LogP contribution in [0.4, 0.5) is 5.82 Å². The van der Waals surface area contributed by atoms with E-state index in [2.05, 4.69) is 53.2 Å². The second-order valence-electron chi connectivity index (χ2n) is 6.67. The Balaban J connectivity index is 1.38. The summed E-state index contributed by atoms with van der Waals surface area (Å²) in [6.07, 6.45) is 6.05. The van der Waals surface area contributed by atoms with Gasteiger partial charge in [0.15, 0.2) is 0 Å². The van der Waals surface area contributed by atoms with E-state index >= 15 is 0 Å². The van der Waals surface area contributed by atoms with Gasteiger partial charge in [0.2, 0.25) is 0 Å². The van der Waals surface area contributed by atoms with Crippen molar-refractivity contribution in [3.8, 4) is 0 Å². The van der Waals surface area contributed by atoms with Crippen molar-refractivity contribution >= 4 is 16.7 Å². The maximum absolute atomic E-state index is 6.06. The highest BCUT2D eigenvalue weighted by atomic mass is 16.5. The van der Waals surface area contributed by atoms with Crippen LogP contribution in [0.5, 0.6) is 0 Å². The van der Waals surface area contributed by atoms with Gasteiger partial charge in [0.25, 0.3) is 0 Å². The smallest absolute Gasteiger partial charge is 0.129 e. The van der Waals surface area contributed by atoms with Crippen LogP contribution in [0, 0.1) is 6.92 Å². The summed E-state index contributed by atoms with van der Waals surface area (Å²) < 4.78 is 6.06. The molecule has 0 aliphatic carbocycles. The number of rotatable bonds is 4. The van der Waals surface area contributed by atoms with Crippen LogP contribution in [0.15, 0.2) is 54.9 Å². The number of anilines is 1. The molecular weight excluding hydrogens is 310 g/mol. The molecule has 3 aromatic rings. The molecule has 0 spiro atoms. The number of nitrogens with zero attached hydrogens (tertiary/aromatic N) is 3. The van der Waals surface area contributed by atoms with Gasteiger partial charge in [-0.15, -0.1) is 0 Å². The topological polar surface area (TPSA) is 38.2 Å². The lowest BCUT2D eigenvalue weighted by molar-refractivity contribution is 0.0249. The Morgan fingerprint density at radius 2 is 1.96 bits per heavy atom. The van der Waals surface area contributed by atoms with E-state index in [1.807, 2.05) is 12.3 Å². The van der Waals surface area contributed by atoms with E-state index < -0.39 is 0 Å². The Morgan fingerprint density at radius 1 is 1.12 bits per heavy atom. The first-order valence-corrected chi connectivity index (χ1v) is 8.91. The summed E-state index contributed by atoms with van der Waals surface area (Å²) in [7, 11) is 0. The molecule has 25 heavy (non-hydrogen) atoms. The minimum absolute atomic E-state index is 0.318. The molecular formula is C21H23N3O. The van der Waals surface area contributed by atoms with Gasteiger partial charge in [0.05, 0.1) is 18.2 Å². The molecule has 4 rings (SSSR count). The van der Waals surface area contributed by atoms with Crippen molar-refractivity contribution in [1.29, 1.82) is 0 Å². The largest absolute Gasteiger partial charge is 0.373 e. The summed E-state index contributed by atoms with van der Waals surface area (Å²) in [5.41, 5.74) is 3.50. The normalized spacial score (nSPS) is 15.6. The minimum atomic E-state index is 0.318. The predicted octanol–water partition coefficient (Wildman–Crippen LogP) is 4.12. The van der Waals surface area contributed by atoms with Crippen LogP contribution in [0.2, 0.25) is 0 Å². The maximum Gasteiger partial charge on any atom is 0.129 e. The van der Waals surface area contributed by atoms with Gasteiger partial charge in [-0.05, 0) is 49.1 Å². The molecule has 0 bridgehead atoms. The van der Waals surface area contributed by atoms with Gasteiger partial charge in [0.1, 0.15) is 5.82 Å². The van der Waals surface area contributed by atoms with Crippen molar-refractivity contribution in [1.82, 2.24) is 9.97 Å². The van der Waals surface area contributed by atoms with Crippen molar-refractivity contribution in [3.63, 3.8) is 0 Å². The quantitative estimate of drug-likeness (QED) is 0.720. The molecule has 2 aromatic heterocycles. The van der Waals surface area contributed by atoms with E-state index in [1.165, 1.54) is 10.9 Å². The highest BCUT2D eigenvalue weighted by Gasteiger charge is 2.21. The number of aromatic nitrogens is 2. The number of ether oxygens (including phenoxy) is 1. The van der Waals surface area contributed by atoms with Crippen LogP contribution < -0.4 is 4.90 Å². The Morgan fingerprint density at radius 3 is 2.76 bits per heavy atom. The van der Waals surface area contributed by atoms with Crippen LogP contribution in [-0.4, -0.2) is 29.2 Å². The number of para-hydroxylation sites is 1. The first-order chi connectivity index (χ1) is 12.3. The number of hydrogen-bond donors (Lipinski definition) is 0. The van der Waals surface area contributed by atoms with Crippen LogP contribution >= 0.6 is 0 Å². The molecule has 1 aliphatic rings. The molecule has 1 fully saturated rings. The van der Waals surface area contributed by atoms with Gasteiger partial charge in [-0.3, -0.25) is 4.98 Å². The van der Waals surface area contributed by atoms with E-state index in [-0.39, 0.29) is 0 Å². The minimum Gasteiger partial charge on any atom is -0.373 e. The highest BCUT2D eigenvalue weighted by molar-refractivity contribution is 5.83. The number of fused-ring (bicyclic) bond motifs is 1. The molecule has 3 heterocycles. The lowest BCUT2D eigenvalue weighted by Gasteiger charge is -2.33.